The first kappa shape index (κ1) is 15.4. The third kappa shape index (κ3) is 2.97. The molecule has 4 rings (SSSR count). The highest BCUT2D eigenvalue weighted by atomic mass is 16.5. The number of rotatable bonds is 4. The van der Waals surface area contributed by atoms with E-state index < -0.39 is 0 Å². The maximum absolute atomic E-state index is 12.9. The molecule has 1 amide bonds. The van der Waals surface area contributed by atoms with Gasteiger partial charge in [-0.3, -0.25) is 9.48 Å². The number of amides is 1. The summed E-state index contributed by atoms with van der Waals surface area (Å²) in [4.78, 5) is 14.9. The van der Waals surface area contributed by atoms with Crippen molar-refractivity contribution in [3.8, 4) is 0 Å². The Hall–Kier alpha value is -2.11. The summed E-state index contributed by atoms with van der Waals surface area (Å²) in [7, 11) is 0. The second-order valence-corrected chi connectivity index (χ2v) is 7.15. The number of piperidine rings is 1. The van der Waals surface area contributed by atoms with Crippen molar-refractivity contribution in [2.45, 2.75) is 64.5 Å². The van der Waals surface area contributed by atoms with Gasteiger partial charge >= 0.3 is 0 Å². The Morgan fingerprint density at radius 1 is 1.25 bits per heavy atom. The van der Waals surface area contributed by atoms with E-state index in [9.17, 15) is 4.79 Å². The molecule has 2 aromatic heterocycles. The topological polar surface area (TPSA) is 64.2 Å². The van der Waals surface area contributed by atoms with E-state index in [2.05, 4.69) is 23.2 Å². The van der Waals surface area contributed by atoms with Crippen LogP contribution in [0.15, 0.2) is 16.7 Å². The SMILES string of the molecule is Cc1cc(C)n(C[C@H]2CCCCN2C(=O)c2cc(C3CC3)on2)n1. The minimum absolute atomic E-state index is 0.00289. The number of nitrogens with zero attached hydrogens (tertiary/aromatic N) is 4. The van der Waals surface area contributed by atoms with Crippen molar-refractivity contribution in [1.82, 2.24) is 19.8 Å². The normalized spacial score (nSPS) is 21.2. The van der Waals surface area contributed by atoms with Gasteiger partial charge in [0.25, 0.3) is 5.91 Å². The highest BCUT2D eigenvalue weighted by Crippen LogP contribution is 2.40. The van der Waals surface area contributed by atoms with Gasteiger partial charge in [-0.1, -0.05) is 5.16 Å². The van der Waals surface area contributed by atoms with E-state index in [4.69, 9.17) is 4.52 Å². The summed E-state index contributed by atoms with van der Waals surface area (Å²) >= 11 is 0. The zero-order chi connectivity index (χ0) is 16.7. The van der Waals surface area contributed by atoms with Crippen molar-refractivity contribution in [1.29, 1.82) is 0 Å². The summed E-state index contributed by atoms with van der Waals surface area (Å²) in [6.07, 6.45) is 5.50. The van der Waals surface area contributed by atoms with E-state index in [0.717, 1.165) is 62.3 Å². The molecule has 1 atom stereocenters. The van der Waals surface area contributed by atoms with E-state index in [1.807, 2.05) is 22.6 Å². The maximum Gasteiger partial charge on any atom is 0.276 e. The Morgan fingerprint density at radius 3 is 2.79 bits per heavy atom. The van der Waals surface area contributed by atoms with Gasteiger partial charge in [0.15, 0.2) is 5.69 Å². The molecule has 24 heavy (non-hydrogen) atoms. The quantitative estimate of drug-likeness (QED) is 0.865. The Bertz CT molecular complexity index is 744. The van der Waals surface area contributed by atoms with Crippen molar-refractivity contribution in [3.05, 3.63) is 35.0 Å². The average Bonchev–Trinajstić information content (AvgIpc) is 3.22. The maximum atomic E-state index is 12.9. The van der Waals surface area contributed by atoms with E-state index in [0.29, 0.717) is 11.6 Å². The van der Waals surface area contributed by atoms with Crippen LogP contribution in [0.25, 0.3) is 0 Å². The molecule has 0 bridgehead atoms. The van der Waals surface area contributed by atoms with Gasteiger partial charge in [-0.15, -0.1) is 0 Å². The molecule has 2 aromatic rings. The lowest BCUT2D eigenvalue weighted by Gasteiger charge is -2.35. The van der Waals surface area contributed by atoms with Crippen LogP contribution >= 0.6 is 0 Å². The molecule has 1 aliphatic carbocycles. The van der Waals surface area contributed by atoms with Gasteiger partial charge in [0.05, 0.1) is 18.3 Å². The molecular weight excluding hydrogens is 304 g/mol. The van der Waals surface area contributed by atoms with Crippen molar-refractivity contribution >= 4 is 5.91 Å². The van der Waals surface area contributed by atoms with Crippen LogP contribution in [0.4, 0.5) is 0 Å². The standard InChI is InChI=1S/C18H24N4O2/c1-12-9-13(2)22(19-12)11-15-5-3-4-8-21(15)18(23)16-10-17(24-20-16)14-6-7-14/h9-10,14-15H,3-8,11H2,1-2H3/t15-/m1/s1. The Kier molecular flexibility index (Phi) is 3.90. The summed E-state index contributed by atoms with van der Waals surface area (Å²) in [6.45, 7) is 5.60. The molecular formula is C18H24N4O2. The number of hydrogen-bond donors (Lipinski definition) is 0. The number of carbonyl (C=O) groups excluding carboxylic acids is 1. The van der Waals surface area contributed by atoms with Crippen molar-refractivity contribution < 1.29 is 9.32 Å². The van der Waals surface area contributed by atoms with Gasteiger partial charge in [0.2, 0.25) is 0 Å². The number of carbonyl (C=O) groups is 1. The third-order valence-corrected chi connectivity index (χ3v) is 5.10. The first-order chi connectivity index (χ1) is 11.6. The Balaban J connectivity index is 1.52. The molecule has 0 spiro atoms. The molecule has 3 heterocycles. The van der Waals surface area contributed by atoms with Crippen LogP contribution in [0.5, 0.6) is 0 Å². The summed E-state index contributed by atoms with van der Waals surface area (Å²) < 4.78 is 7.38. The second-order valence-electron chi connectivity index (χ2n) is 7.15. The zero-order valence-corrected chi connectivity index (χ0v) is 14.4. The molecule has 6 nitrogen and oxygen atoms in total. The van der Waals surface area contributed by atoms with Crippen LogP contribution < -0.4 is 0 Å². The smallest absolute Gasteiger partial charge is 0.276 e. The fourth-order valence-corrected chi connectivity index (χ4v) is 3.61. The highest BCUT2D eigenvalue weighted by molar-refractivity contribution is 5.92. The molecule has 2 aliphatic rings. The molecule has 0 aromatic carbocycles. The van der Waals surface area contributed by atoms with Crippen molar-refractivity contribution in [2.24, 2.45) is 0 Å². The van der Waals surface area contributed by atoms with Crippen LogP contribution in [0.2, 0.25) is 0 Å². The molecule has 1 saturated heterocycles. The zero-order valence-electron chi connectivity index (χ0n) is 14.4. The number of aryl methyl sites for hydroxylation is 2. The van der Waals surface area contributed by atoms with Gasteiger partial charge < -0.3 is 9.42 Å². The van der Waals surface area contributed by atoms with Crippen LogP contribution in [-0.2, 0) is 6.54 Å². The molecule has 0 unspecified atom stereocenters. The highest BCUT2D eigenvalue weighted by Gasteiger charge is 2.33. The van der Waals surface area contributed by atoms with Crippen molar-refractivity contribution in [3.63, 3.8) is 0 Å². The summed E-state index contributed by atoms with van der Waals surface area (Å²) in [5.41, 5.74) is 2.62. The first-order valence-electron chi connectivity index (χ1n) is 8.90. The predicted octanol–water partition coefficient (Wildman–Crippen LogP) is 3.06. The Labute approximate surface area is 141 Å². The molecule has 6 heteroatoms. The van der Waals surface area contributed by atoms with Crippen molar-refractivity contribution in [2.75, 3.05) is 6.54 Å². The number of hydrogen-bond acceptors (Lipinski definition) is 4. The second kappa shape index (κ2) is 6.07. The van der Waals surface area contributed by atoms with Gasteiger partial charge in [-0.2, -0.15) is 5.10 Å². The van der Waals surface area contributed by atoms with Crippen LogP contribution in [-0.4, -0.2) is 38.3 Å². The van der Waals surface area contributed by atoms with Crippen LogP contribution in [0, 0.1) is 13.8 Å². The predicted molar refractivity (Wildman–Crippen MR) is 88.9 cm³/mol. The lowest BCUT2D eigenvalue weighted by Crippen LogP contribution is -2.46. The fraction of sp³-hybridized carbons (Fsp3) is 0.611. The third-order valence-electron chi connectivity index (χ3n) is 5.10. The van der Waals surface area contributed by atoms with Gasteiger partial charge in [0.1, 0.15) is 5.76 Å². The molecule has 1 saturated carbocycles. The van der Waals surface area contributed by atoms with E-state index in [1.54, 1.807) is 0 Å². The van der Waals surface area contributed by atoms with Gasteiger partial charge in [-0.05, 0) is 52.0 Å². The van der Waals surface area contributed by atoms with Crippen LogP contribution in [0.1, 0.15) is 65.7 Å². The lowest BCUT2D eigenvalue weighted by atomic mass is 10.0. The van der Waals surface area contributed by atoms with Gasteiger partial charge in [-0.25, -0.2) is 0 Å². The van der Waals surface area contributed by atoms with Crippen LogP contribution in [0.3, 0.4) is 0 Å². The fourth-order valence-electron chi connectivity index (χ4n) is 3.61. The summed E-state index contributed by atoms with van der Waals surface area (Å²) in [6, 6.07) is 4.09. The monoisotopic (exact) mass is 328 g/mol. The molecule has 2 fully saturated rings. The number of aromatic nitrogens is 3. The van der Waals surface area contributed by atoms with E-state index in [-0.39, 0.29) is 11.9 Å². The summed E-state index contributed by atoms with van der Waals surface area (Å²) in [5.74, 6) is 1.34. The number of likely N-dealkylation sites (tertiary alicyclic amines) is 1. The minimum Gasteiger partial charge on any atom is -0.360 e. The minimum atomic E-state index is -0.00289. The lowest BCUT2D eigenvalue weighted by molar-refractivity contribution is 0.0572. The van der Waals surface area contributed by atoms with E-state index >= 15 is 0 Å². The van der Waals surface area contributed by atoms with Gasteiger partial charge in [0, 0.05) is 24.2 Å². The largest absolute Gasteiger partial charge is 0.360 e. The molecule has 1 aliphatic heterocycles. The molecule has 128 valence electrons. The van der Waals surface area contributed by atoms with E-state index in [1.165, 1.54) is 0 Å². The first-order valence-corrected chi connectivity index (χ1v) is 8.90. The summed E-state index contributed by atoms with van der Waals surface area (Å²) in [5, 5.41) is 8.58. The average molecular weight is 328 g/mol. The Morgan fingerprint density at radius 2 is 2.08 bits per heavy atom. The molecule has 0 N–H and O–H groups in total. The molecule has 0 radical (unpaired) electrons.